The van der Waals surface area contributed by atoms with Crippen LogP contribution in [0.4, 0.5) is 4.79 Å². The first-order valence-corrected chi connectivity index (χ1v) is 34.6. The van der Waals surface area contributed by atoms with Crippen LogP contribution in [0.15, 0.2) is 47.0 Å². The second-order valence-electron chi connectivity index (χ2n) is 27.0. The minimum Gasteiger partial charge on any atom is -0.481 e. The number of amides is 7. The second kappa shape index (κ2) is 38.6. The molecule has 3 saturated carbocycles. The molecular formula is C69H110N10O14. The van der Waals surface area contributed by atoms with E-state index in [9.17, 15) is 48.3 Å². The van der Waals surface area contributed by atoms with Gasteiger partial charge in [0.25, 0.3) is 0 Å². The fraction of sp³-hybridized carbons (Fsp3) is 0.739. The number of rotatable bonds is 36. The third-order valence-electron chi connectivity index (χ3n) is 20.8. The highest BCUT2D eigenvalue weighted by molar-refractivity contribution is 5.98. The molecule has 12 atom stereocenters. The summed E-state index contributed by atoms with van der Waals surface area (Å²) in [4.78, 5) is 122. The van der Waals surface area contributed by atoms with Gasteiger partial charge in [0.15, 0.2) is 5.96 Å². The molecule has 12 N–H and O–H groups in total. The summed E-state index contributed by atoms with van der Waals surface area (Å²) in [7, 11) is 0. The van der Waals surface area contributed by atoms with E-state index >= 15 is 0 Å². The van der Waals surface area contributed by atoms with Gasteiger partial charge in [0.1, 0.15) is 36.1 Å². The van der Waals surface area contributed by atoms with Crippen LogP contribution in [0.2, 0.25) is 0 Å². The molecule has 0 spiro atoms. The van der Waals surface area contributed by atoms with E-state index in [1.165, 1.54) is 56.9 Å². The summed E-state index contributed by atoms with van der Waals surface area (Å²) < 4.78 is 22.8. The van der Waals surface area contributed by atoms with Crippen molar-refractivity contribution < 1.29 is 67.2 Å². The number of nitrogens with one attached hydrogen (secondary N) is 7. The molecule has 520 valence electrons. The number of benzene rings is 1. The highest BCUT2D eigenvalue weighted by Gasteiger charge is 2.59. The number of fused-ring (bicyclic) bond motifs is 5. The topological polar surface area (TPSA) is 359 Å². The van der Waals surface area contributed by atoms with Crippen LogP contribution in [0.3, 0.4) is 0 Å². The Bertz CT molecular complexity index is 2670. The Morgan fingerprint density at radius 3 is 2.06 bits per heavy atom. The number of aliphatic carboxylic acids is 1. The van der Waals surface area contributed by atoms with Crippen molar-refractivity contribution in [2.75, 3.05) is 65.8 Å². The van der Waals surface area contributed by atoms with Crippen molar-refractivity contribution >= 4 is 59.2 Å². The van der Waals surface area contributed by atoms with Gasteiger partial charge in [0, 0.05) is 51.7 Å². The number of alkyl carbamates (subject to hydrolysis) is 1. The van der Waals surface area contributed by atoms with E-state index in [0.717, 1.165) is 55.3 Å². The lowest BCUT2D eigenvalue weighted by Crippen LogP contribution is -2.58. The summed E-state index contributed by atoms with van der Waals surface area (Å²) in [6.07, 6.45) is 18.1. The van der Waals surface area contributed by atoms with Crippen molar-refractivity contribution in [2.45, 2.75) is 213 Å². The molecule has 0 aromatic heterocycles. The van der Waals surface area contributed by atoms with Gasteiger partial charge in [-0.3, -0.25) is 43.3 Å². The summed E-state index contributed by atoms with van der Waals surface area (Å²) in [6, 6.07) is 3.33. The number of ketones is 1. The van der Waals surface area contributed by atoms with Crippen LogP contribution >= 0.6 is 0 Å². The van der Waals surface area contributed by atoms with E-state index in [4.69, 9.17) is 30.4 Å². The zero-order chi connectivity index (χ0) is 67.3. The molecule has 4 fully saturated rings. The summed E-state index contributed by atoms with van der Waals surface area (Å²) in [6.45, 7) is 13.9. The van der Waals surface area contributed by atoms with Gasteiger partial charge in [-0.2, -0.15) is 0 Å². The number of nitrogens with two attached hydrogens (primary N) is 2. The molecule has 24 nitrogen and oxygen atoms in total. The number of guanidine groups is 1. The van der Waals surface area contributed by atoms with Gasteiger partial charge < -0.3 is 72.7 Å². The number of Topliss-reactive ketones (excluding diaryl/α,β-unsaturated/α-hetero) is 1. The van der Waals surface area contributed by atoms with Crippen molar-refractivity contribution in [3.8, 4) is 0 Å². The third-order valence-corrected chi connectivity index (χ3v) is 20.8. The van der Waals surface area contributed by atoms with E-state index in [-0.39, 0.29) is 120 Å². The van der Waals surface area contributed by atoms with Crippen LogP contribution in [0.1, 0.15) is 181 Å². The van der Waals surface area contributed by atoms with Crippen molar-refractivity contribution in [1.29, 1.82) is 0 Å². The maximum absolute atomic E-state index is 14.1. The Morgan fingerprint density at radius 1 is 0.699 bits per heavy atom. The van der Waals surface area contributed by atoms with Gasteiger partial charge in [0.05, 0.1) is 52.6 Å². The van der Waals surface area contributed by atoms with Crippen molar-refractivity contribution in [1.82, 2.24) is 37.2 Å². The van der Waals surface area contributed by atoms with Gasteiger partial charge in [-0.25, -0.2) is 4.79 Å². The molecule has 1 unspecified atom stereocenters. The molecule has 93 heavy (non-hydrogen) atoms. The minimum atomic E-state index is -1.61. The van der Waals surface area contributed by atoms with Gasteiger partial charge in [-0.15, -0.1) is 0 Å². The van der Waals surface area contributed by atoms with Gasteiger partial charge in [-0.05, 0) is 123 Å². The standard InChI is InChI=1S/C69H110N10O14/c1-6-46(7-2)21-20-45(3)52-24-25-53-51-23-22-48-42-50(26-30-68(48,4)54(51)27-31-69(52,53)5)93-67(89)74-34-38-92-37-33-72-59(81)29-36-91-40-39-90-35-28-49(80)17-12-9-13-18-56-63(86)77-55(19-14-32-73-66(70)71)62(85)75-44-60(82)76-58(43-61(83)84)65(88)79-57(64(87)78-56)41-47-15-10-8-11-16-47/h8,10-11,15-16,22,45-46,50-58H,6-7,9,12-14,17-21,23-44H2,1-5H3,(H,72,81)(H,74,89)(H,75,85)(H,76,82)(H,77,86)(H,78,87)(H,79,88)(H,83,84)(H4,70,71,73)/t45-,50+,51+,52?,53+,54+,55+,56+,57-,58-,68+,69-/m1/s1. The van der Waals surface area contributed by atoms with Crippen LogP contribution in [0.5, 0.6) is 0 Å². The van der Waals surface area contributed by atoms with E-state index < -0.39 is 78.7 Å². The van der Waals surface area contributed by atoms with Crippen LogP contribution in [0, 0.1) is 46.3 Å². The fourth-order valence-corrected chi connectivity index (χ4v) is 15.5. The summed E-state index contributed by atoms with van der Waals surface area (Å²) in [5.41, 5.74) is 13.7. The first-order valence-electron chi connectivity index (χ1n) is 34.6. The SMILES string of the molecule is CCC(CC)CC[C@@H](C)C1CC[C@H]2[C@@H]3CC=C4C[C@@H](OC(=O)NCCOCCNC(=O)CCOCCOCCC(=O)CCCCC[C@@H]5NC(=O)[C@@H](Cc6ccccc6)NC(=O)[C@@H](CC(=O)O)NC(=O)CNC(=O)[C@H](CCCN=C(N)N)NC5=O)CC[C@]4(C)[C@H]3CC[C@]12C. The molecule has 4 aliphatic carbocycles. The lowest BCUT2D eigenvalue weighted by Gasteiger charge is -2.58. The molecule has 1 aromatic rings. The zero-order valence-electron chi connectivity index (χ0n) is 56.0. The molecule has 1 aromatic carbocycles. The number of carboxylic acids is 1. The van der Waals surface area contributed by atoms with Crippen LogP contribution < -0.4 is 48.7 Å². The number of carbonyl (C=O) groups excluding carboxylic acids is 8. The normalized spacial score (nSPS) is 27.0. The van der Waals surface area contributed by atoms with Crippen LogP contribution in [-0.4, -0.2) is 160 Å². The molecule has 0 radical (unpaired) electrons. The van der Waals surface area contributed by atoms with Crippen molar-refractivity contribution in [2.24, 2.45) is 62.8 Å². The van der Waals surface area contributed by atoms with E-state index in [1.54, 1.807) is 30.3 Å². The number of ether oxygens (including phenoxy) is 4. The molecule has 5 aliphatic rings. The monoisotopic (exact) mass is 1300 g/mol. The lowest BCUT2D eigenvalue weighted by molar-refractivity contribution is -0.141. The third kappa shape index (κ3) is 23.9. The highest BCUT2D eigenvalue weighted by Crippen LogP contribution is 2.67. The number of nitrogens with zero attached hydrogens (tertiary/aromatic N) is 1. The predicted octanol–water partition coefficient (Wildman–Crippen LogP) is 5.82. The smallest absolute Gasteiger partial charge is 0.407 e. The van der Waals surface area contributed by atoms with E-state index in [0.29, 0.717) is 49.2 Å². The number of carboxylic acid groups (broad SMARTS) is 1. The zero-order valence-corrected chi connectivity index (χ0v) is 56.0. The molecule has 0 bridgehead atoms. The van der Waals surface area contributed by atoms with Crippen molar-refractivity contribution in [3.05, 3.63) is 47.5 Å². The second-order valence-corrected chi connectivity index (χ2v) is 27.0. The Morgan fingerprint density at radius 2 is 1.35 bits per heavy atom. The largest absolute Gasteiger partial charge is 0.481 e. The lowest BCUT2D eigenvalue weighted by atomic mass is 9.47. The average molecular weight is 1300 g/mol. The molecule has 6 rings (SSSR count). The first-order chi connectivity index (χ1) is 44.6. The number of allylic oxidation sites excluding steroid dienone is 1. The van der Waals surface area contributed by atoms with Gasteiger partial charge >= 0.3 is 12.1 Å². The summed E-state index contributed by atoms with van der Waals surface area (Å²) >= 11 is 0. The maximum atomic E-state index is 14.1. The van der Waals surface area contributed by atoms with Gasteiger partial charge in [-0.1, -0.05) is 115 Å². The Hall–Kier alpha value is -6.66. The highest BCUT2D eigenvalue weighted by atomic mass is 16.6. The predicted molar refractivity (Wildman–Crippen MR) is 352 cm³/mol. The minimum absolute atomic E-state index is 0.0333. The molecule has 24 heteroatoms. The molecular weight excluding hydrogens is 1190 g/mol. The summed E-state index contributed by atoms with van der Waals surface area (Å²) in [5.74, 6) is -1.11. The van der Waals surface area contributed by atoms with Crippen LogP contribution in [-0.2, 0) is 63.7 Å². The molecule has 1 aliphatic heterocycles. The number of carbonyl (C=O) groups is 9. The first kappa shape index (κ1) is 75.4. The quantitative estimate of drug-likeness (QED) is 0.0164. The van der Waals surface area contributed by atoms with Gasteiger partial charge in [0.2, 0.25) is 35.4 Å². The summed E-state index contributed by atoms with van der Waals surface area (Å²) in [5, 5.41) is 27.9. The maximum Gasteiger partial charge on any atom is 0.407 e. The number of hydrogen-bond donors (Lipinski definition) is 10. The number of hydrogen-bond acceptors (Lipinski definition) is 14. The number of unbranched alkanes of at least 4 members (excludes halogenated alkanes) is 2. The fourth-order valence-electron chi connectivity index (χ4n) is 15.5. The Kier molecular flexibility index (Phi) is 31.3. The molecule has 1 heterocycles. The average Bonchev–Trinajstić information content (AvgIpc) is 1.69. The van der Waals surface area contributed by atoms with Crippen LogP contribution in [0.25, 0.3) is 0 Å². The molecule has 7 amide bonds. The van der Waals surface area contributed by atoms with E-state index in [2.05, 4.69) is 82.9 Å². The van der Waals surface area contributed by atoms with Crippen molar-refractivity contribution in [3.63, 3.8) is 0 Å². The molecule has 1 saturated heterocycles. The van der Waals surface area contributed by atoms with E-state index in [1.807, 2.05) is 0 Å². The Balaban J connectivity index is 0.812. The number of aliphatic imine (C=N–C) groups is 1. The Labute approximate surface area is 550 Å².